The second kappa shape index (κ2) is 9.05. The van der Waals surface area contributed by atoms with Crippen LogP contribution in [0.5, 0.6) is 5.75 Å². The number of rotatable bonds is 6. The fourth-order valence-electron chi connectivity index (χ4n) is 4.00. The molecule has 2 amide bonds. The zero-order valence-corrected chi connectivity index (χ0v) is 18.8. The lowest BCUT2D eigenvalue weighted by atomic mass is 9.94. The van der Waals surface area contributed by atoms with E-state index >= 15 is 0 Å². The van der Waals surface area contributed by atoms with Gasteiger partial charge in [-0.3, -0.25) is 4.90 Å². The molecule has 2 aromatic carbocycles. The molecule has 8 nitrogen and oxygen atoms in total. The number of amides is 2. The zero-order chi connectivity index (χ0) is 24.5. The van der Waals surface area contributed by atoms with E-state index in [2.05, 4.69) is 15.5 Å². The van der Waals surface area contributed by atoms with E-state index in [1.807, 2.05) is 0 Å². The van der Waals surface area contributed by atoms with Crippen molar-refractivity contribution in [3.63, 3.8) is 0 Å². The van der Waals surface area contributed by atoms with Gasteiger partial charge in [-0.2, -0.15) is 4.98 Å². The fourth-order valence-corrected chi connectivity index (χ4v) is 4.00. The molecule has 0 radical (unpaired) electrons. The molecule has 3 heterocycles. The number of carbonyl (C=O) groups excluding carboxylic acids is 1. The van der Waals surface area contributed by atoms with Crippen LogP contribution in [0.4, 0.5) is 13.6 Å². The van der Waals surface area contributed by atoms with Gasteiger partial charge in [0.1, 0.15) is 11.6 Å². The van der Waals surface area contributed by atoms with Gasteiger partial charge in [0.25, 0.3) is 5.89 Å². The van der Waals surface area contributed by atoms with Crippen LogP contribution in [-0.2, 0) is 6.54 Å². The minimum Gasteiger partial charge on any atom is -0.494 e. The highest BCUT2D eigenvalue weighted by atomic mass is 19.1. The zero-order valence-electron chi connectivity index (χ0n) is 18.8. The van der Waals surface area contributed by atoms with Crippen molar-refractivity contribution in [1.82, 2.24) is 20.4 Å². The van der Waals surface area contributed by atoms with Crippen LogP contribution in [-0.4, -0.2) is 28.2 Å². The van der Waals surface area contributed by atoms with Gasteiger partial charge in [-0.25, -0.2) is 13.6 Å². The van der Waals surface area contributed by atoms with E-state index in [-0.39, 0.29) is 24.0 Å². The third-order valence-electron chi connectivity index (χ3n) is 5.74. The number of aromatic nitrogens is 2. The van der Waals surface area contributed by atoms with Crippen molar-refractivity contribution < 1.29 is 27.3 Å². The van der Waals surface area contributed by atoms with E-state index in [1.165, 1.54) is 42.5 Å². The third kappa shape index (κ3) is 4.25. The number of halogens is 2. The number of nitrogens with zero attached hydrogens (tertiary/aromatic N) is 3. The minimum absolute atomic E-state index is 0.0887. The molecule has 1 N–H and O–H groups in total. The van der Waals surface area contributed by atoms with Crippen LogP contribution in [0.3, 0.4) is 0 Å². The first kappa shape index (κ1) is 22.3. The van der Waals surface area contributed by atoms with Crippen LogP contribution in [0.25, 0.3) is 17.0 Å². The minimum atomic E-state index is -0.757. The number of carbonyl (C=O) groups is 1. The third-order valence-corrected chi connectivity index (χ3v) is 5.74. The molecule has 0 bridgehead atoms. The topological polar surface area (TPSA) is 93.6 Å². The summed E-state index contributed by atoms with van der Waals surface area (Å²) < 4.78 is 44.2. The maximum absolute atomic E-state index is 14.2. The molecule has 0 spiro atoms. The molecule has 178 valence electrons. The highest BCUT2D eigenvalue weighted by molar-refractivity contribution is 5.86. The van der Waals surface area contributed by atoms with Crippen molar-refractivity contribution in [3.8, 4) is 17.1 Å². The van der Waals surface area contributed by atoms with Gasteiger partial charge in [0.15, 0.2) is 11.6 Å². The number of ether oxygens (including phenoxy) is 1. The van der Waals surface area contributed by atoms with Gasteiger partial charge in [0.05, 0.1) is 31.5 Å². The molecule has 0 fully saturated rings. The molecule has 1 unspecified atom stereocenters. The Labute approximate surface area is 198 Å². The average Bonchev–Trinajstić information content (AvgIpc) is 3.54. The highest BCUT2D eigenvalue weighted by Crippen LogP contribution is 2.38. The highest BCUT2D eigenvalue weighted by Gasteiger charge is 2.36. The summed E-state index contributed by atoms with van der Waals surface area (Å²) in [5, 5.41) is 6.90. The summed E-state index contributed by atoms with van der Waals surface area (Å²) in [5.74, 6) is -0.110. The summed E-state index contributed by atoms with van der Waals surface area (Å²) in [6, 6.07) is 12.5. The van der Waals surface area contributed by atoms with E-state index in [0.29, 0.717) is 28.2 Å². The molecule has 2 aromatic heterocycles. The summed E-state index contributed by atoms with van der Waals surface area (Å²) in [6.45, 7) is 1.90. The predicted octanol–water partition coefficient (Wildman–Crippen LogP) is 5.31. The molecule has 35 heavy (non-hydrogen) atoms. The lowest BCUT2D eigenvalue weighted by Crippen LogP contribution is -2.45. The molecular weight excluding hydrogens is 458 g/mol. The van der Waals surface area contributed by atoms with Gasteiger partial charge in [-0.1, -0.05) is 17.3 Å². The molecule has 5 rings (SSSR count). The number of urea groups is 1. The Morgan fingerprint density at radius 2 is 2.00 bits per heavy atom. The molecule has 1 atom stereocenters. The summed E-state index contributed by atoms with van der Waals surface area (Å²) in [4.78, 5) is 19.0. The van der Waals surface area contributed by atoms with Crippen LogP contribution >= 0.6 is 0 Å². The molecule has 1 aliphatic heterocycles. The Morgan fingerprint density at radius 3 is 2.71 bits per heavy atom. The van der Waals surface area contributed by atoms with Gasteiger partial charge < -0.3 is 19.0 Å². The number of allylic oxidation sites excluding steroid dienone is 1. The largest absolute Gasteiger partial charge is 0.494 e. The second-order valence-corrected chi connectivity index (χ2v) is 7.87. The van der Waals surface area contributed by atoms with Crippen molar-refractivity contribution in [2.45, 2.75) is 19.5 Å². The Kier molecular flexibility index (Phi) is 5.77. The SMILES string of the molecule is COc1ccc(-c2noc(C3=C(C)N(Cc4ccco4)C(=O)NC3c3cccc(F)c3)n2)cc1F. The van der Waals surface area contributed by atoms with Crippen molar-refractivity contribution >= 4 is 11.6 Å². The van der Waals surface area contributed by atoms with Gasteiger partial charge in [0.2, 0.25) is 5.82 Å². The number of benzene rings is 2. The normalized spacial score (nSPS) is 15.9. The van der Waals surface area contributed by atoms with Crippen LogP contribution in [0.2, 0.25) is 0 Å². The first-order valence-corrected chi connectivity index (χ1v) is 10.7. The van der Waals surface area contributed by atoms with Crippen LogP contribution in [0.1, 0.15) is 30.2 Å². The number of furan rings is 1. The first-order chi connectivity index (χ1) is 16.9. The van der Waals surface area contributed by atoms with E-state index in [4.69, 9.17) is 13.7 Å². The fraction of sp³-hybridized carbons (Fsp3) is 0.160. The standard InChI is InChI=1S/C25H20F2N4O4/c1-14-21(24-29-23(30-35-24)16-8-9-20(33-2)19(27)12-16)22(15-5-3-6-17(26)11-15)28-25(32)31(14)13-18-7-4-10-34-18/h3-12,22H,13H2,1-2H3,(H,28,32). The average molecular weight is 478 g/mol. The molecule has 10 heteroatoms. The summed E-state index contributed by atoms with van der Waals surface area (Å²) in [7, 11) is 1.37. The van der Waals surface area contributed by atoms with Gasteiger partial charge in [-0.05, 0) is 55.0 Å². The second-order valence-electron chi connectivity index (χ2n) is 7.87. The Balaban J connectivity index is 1.59. The summed E-state index contributed by atoms with van der Waals surface area (Å²) >= 11 is 0. The van der Waals surface area contributed by atoms with Gasteiger partial charge in [0, 0.05) is 11.3 Å². The molecule has 1 aliphatic rings. The van der Waals surface area contributed by atoms with Gasteiger partial charge in [-0.15, -0.1) is 0 Å². The first-order valence-electron chi connectivity index (χ1n) is 10.7. The predicted molar refractivity (Wildman–Crippen MR) is 121 cm³/mol. The van der Waals surface area contributed by atoms with E-state index in [9.17, 15) is 13.6 Å². The number of nitrogens with one attached hydrogen (secondary N) is 1. The Hall–Kier alpha value is -4.47. The summed E-state index contributed by atoms with van der Waals surface area (Å²) in [5.41, 5.74) is 1.89. The van der Waals surface area contributed by atoms with Crippen molar-refractivity contribution in [3.05, 3.63) is 95.4 Å². The van der Waals surface area contributed by atoms with Crippen molar-refractivity contribution in [1.29, 1.82) is 0 Å². The maximum atomic E-state index is 14.2. The molecule has 4 aromatic rings. The molecular formula is C25H20F2N4O4. The Bertz CT molecular complexity index is 1410. The molecule has 0 aliphatic carbocycles. The van der Waals surface area contributed by atoms with Crippen molar-refractivity contribution in [2.24, 2.45) is 0 Å². The van der Waals surface area contributed by atoms with Crippen molar-refractivity contribution in [2.75, 3.05) is 7.11 Å². The smallest absolute Gasteiger partial charge is 0.322 e. The van der Waals surface area contributed by atoms with E-state index in [1.54, 1.807) is 37.3 Å². The molecule has 0 saturated carbocycles. The number of hydrogen-bond donors (Lipinski definition) is 1. The quantitative estimate of drug-likeness (QED) is 0.404. The number of methoxy groups -OCH3 is 1. The van der Waals surface area contributed by atoms with E-state index < -0.39 is 23.7 Å². The summed E-state index contributed by atoms with van der Waals surface area (Å²) in [6.07, 6.45) is 1.52. The van der Waals surface area contributed by atoms with Gasteiger partial charge >= 0.3 is 6.03 Å². The van der Waals surface area contributed by atoms with Crippen LogP contribution in [0, 0.1) is 11.6 Å². The monoisotopic (exact) mass is 478 g/mol. The van der Waals surface area contributed by atoms with Crippen LogP contribution < -0.4 is 10.1 Å². The van der Waals surface area contributed by atoms with E-state index in [0.717, 1.165) is 0 Å². The number of hydrogen-bond acceptors (Lipinski definition) is 6. The Morgan fingerprint density at radius 1 is 1.14 bits per heavy atom. The maximum Gasteiger partial charge on any atom is 0.322 e. The molecule has 0 saturated heterocycles. The lowest BCUT2D eigenvalue weighted by molar-refractivity contribution is 0.199. The lowest BCUT2D eigenvalue weighted by Gasteiger charge is -2.34. The van der Waals surface area contributed by atoms with Crippen LogP contribution in [0.15, 0.2) is 75.5 Å².